The van der Waals surface area contributed by atoms with Crippen molar-refractivity contribution in [3.05, 3.63) is 107 Å². The maximum absolute atomic E-state index is 13.1. The van der Waals surface area contributed by atoms with E-state index < -0.39 is 17.2 Å². The maximum atomic E-state index is 13.1. The van der Waals surface area contributed by atoms with Gasteiger partial charge >= 0.3 is 0 Å². The van der Waals surface area contributed by atoms with E-state index in [9.17, 15) is 18.8 Å². The molecule has 3 N–H and O–H groups in total. The van der Waals surface area contributed by atoms with Gasteiger partial charge in [0, 0.05) is 21.8 Å². The van der Waals surface area contributed by atoms with E-state index in [1.165, 1.54) is 42.5 Å². The Bertz CT molecular complexity index is 1280. The van der Waals surface area contributed by atoms with Gasteiger partial charge in [0.2, 0.25) is 0 Å². The van der Waals surface area contributed by atoms with Gasteiger partial charge in [0.05, 0.1) is 0 Å². The third-order valence-electron chi connectivity index (χ3n) is 4.82. The number of phenolic OH excluding ortho intramolecular Hbond substituents is 1. The highest BCUT2D eigenvalue weighted by atomic mass is 35.5. The molecule has 33 heavy (non-hydrogen) atoms. The Morgan fingerprint density at radius 1 is 0.939 bits per heavy atom. The van der Waals surface area contributed by atoms with Gasteiger partial charge in [0.15, 0.2) is 4.90 Å². The van der Waals surface area contributed by atoms with Gasteiger partial charge in [0.1, 0.15) is 28.6 Å². The third-order valence-corrected chi connectivity index (χ3v) is 6.25. The van der Waals surface area contributed by atoms with Crippen molar-refractivity contribution >= 4 is 40.2 Å². The highest BCUT2D eigenvalue weighted by molar-refractivity contribution is 7.92. The summed E-state index contributed by atoms with van der Waals surface area (Å²) in [5.74, 6) is -0.937. The molecule has 0 aliphatic heterocycles. The molecular formula is C25H18ClFN2O3S. The minimum atomic E-state index is -1.73. The maximum Gasteiger partial charge on any atom is 0.255 e. The molecule has 0 spiro atoms. The number of halogens is 2. The van der Waals surface area contributed by atoms with Crippen LogP contribution in [0.1, 0.15) is 10.4 Å². The SMILES string of the molecule is O=C(Nc1ccc(O)c(N[S+]([O-])c2ccc(F)cc2)c1)c1ccc(-c2ccccc2Cl)cc1. The number of nitrogens with one attached hydrogen (secondary N) is 2. The van der Waals surface area contributed by atoms with Crippen molar-refractivity contribution in [2.24, 2.45) is 0 Å². The van der Waals surface area contributed by atoms with E-state index in [2.05, 4.69) is 10.0 Å². The van der Waals surface area contributed by atoms with E-state index in [1.807, 2.05) is 30.3 Å². The molecule has 0 aliphatic rings. The van der Waals surface area contributed by atoms with E-state index in [-0.39, 0.29) is 17.3 Å². The molecule has 0 radical (unpaired) electrons. The predicted molar refractivity (Wildman–Crippen MR) is 129 cm³/mol. The molecule has 0 heterocycles. The van der Waals surface area contributed by atoms with Crippen molar-refractivity contribution in [2.75, 3.05) is 10.0 Å². The Morgan fingerprint density at radius 3 is 2.33 bits per heavy atom. The predicted octanol–water partition coefficient (Wildman–Crippen LogP) is 6.24. The van der Waals surface area contributed by atoms with Crippen LogP contribution in [-0.2, 0) is 11.4 Å². The first-order valence-electron chi connectivity index (χ1n) is 9.84. The molecule has 166 valence electrons. The fraction of sp³-hybridized carbons (Fsp3) is 0. The average Bonchev–Trinajstić information content (AvgIpc) is 2.82. The van der Waals surface area contributed by atoms with E-state index in [0.717, 1.165) is 11.1 Å². The lowest BCUT2D eigenvalue weighted by atomic mass is 10.0. The van der Waals surface area contributed by atoms with Crippen LogP contribution in [0, 0.1) is 5.82 Å². The van der Waals surface area contributed by atoms with Crippen LogP contribution in [0.3, 0.4) is 0 Å². The minimum absolute atomic E-state index is 0.146. The summed E-state index contributed by atoms with van der Waals surface area (Å²) in [7, 11) is 0. The molecule has 0 aromatic heterocycles. The van der Waals surface area contributed by atoms with Gasteiger partial charge in [-0.25, -0.2) is 4.39 Å². The summed E-state index contributed by atoms with van der Waals surface area (Å²) in [5, 5.41) is 13.5. The largest absolute Gasteiger partial charge is 0.588 e. The van der Waals surface area contributed by atoms with Crippen LogP contribution in [-0.4, -0.2) is 15.6 Å². The Morgan fingerprint density at radius 2 is 1.64 bits per heavy atom. The smallest absolute Gasteiger partial charge is 0.255 e. The van der Waals surface area contributed by atoms with Crippen LogP contribution in [0.2, 0.25) is 5.02 Å². The zero-order valence-corrected chi connectivity index (χ0v) is 18.7. The Hall–Kier alpha value is -3.52. The van der Waals surface area contributed by atoms with Crippen LogP contribution in [0.4, 0.5) is 15.8 Å². The van der Waals surface area contributed by atoms with Gasteiger partial charge in [-0.05, 0) is 66.2 Å². The molecule has 0 fully saturated rings. The number of benzene rings is 4. The normalized spacial score (nSPS) is 11.6. The number of carbonyl (C=O) groups is 1. The summed E-state index contributed by atoms with van der Waals surface area (Å²) in [6.45, 7) is 0. The van der Waals surface area contributed by atoms with E-state index in [1.54, 1.807) is 18.2 Å². The molecule has 4 rings (SSSR count). The number of rotatable bonds is 6. The van der Waals surface area contributed by atoms with Crippen molar-refractivity contribution in [3.8, 4) is 16.9 Å². The second kappa shape index (κ2) is 9.95. The fourth-order valence-corrected chi connectivity index (χ4v) is 4.22. The summed E-state index contributed by atoms with van der Waals surface area (Å²) >= 11 is 4.50. The number of aromatic hydroxyl groups is 1. The molecule has 0 aliphatic carbocycles. The molecule has 1 atom stereocenters. The van der Waals surface area contributed by atoms with E-state index >= 15 is 0 Å². The number of phenols is 1. The lowest BCUT2D eigenvalue weighted by molar-refractivity contribution is 0.102. The number of hydrogen-bond donors (Lipinski definition) is 3. The van der Waals surface area contributed by atoms with E-state index in [4.69, 9.17) is 11.6 Å². The monoisotopic (exact) mass is 480 g/mol. The van der Waals surface area contributed by atoms with Crippen LogP contribution in [0.5, 0.6) is 5.75 Å². The quantitative estimate of drug-likeness (QED) is 0.173. The Kier molecular flexibility index (Phi) is 6.84. The van der Waals surface area contributed by atoms with Crippen molar-refractivity contribution in [1.82, 2.24) is 0 Å². The van der Waals surface area contributed by atoms with Gasteiger partial charge in [-0.2, -0.15) is 4.72 Å². The summed E-state index contributed by atoms with van der Waals surface area (Å²) in [6.07, 6.45) is 0. The lowest BCUT2D eigenvalue weighted by Gasteiger charge is -2.14. The van der Waals surface area contributed by atoms with Crippen LogP contribution in [0.25, 0.3) is 11.1 Å². The van der Waals surface area contributed by atoms with Crippen LogP contribution < -0.4 is 10.0 Å². The molecule has 0 saturated carbocycles. The zero-order valence-electron chi connectivity index (χ0n) is 17.1. The lowest BCUT2D eigenvalue weighted by Crippen LogP contribution is -2.14. The minimum Gasteiger partial charge on any atom is -0.588 e. The van der Waals surface area contributed by atoms with Gasteiger partial charge in [0.25, 0.3) is 5.91 Å². The molecule has 0 saturated heterocycles. The molecule has 4 aromatic rings. The molecule has 5 nitrogen and oxygen atoms in total. The second-order valence-electron chi connectivity index (χ2n) is 7.07. The van der Waals surface area contributed by atoms with Gasteiger partial charge in [-0.3, -0.25) is 4.79 Å². The number of hydrogen-bond acceptors (Lipinski definition) is 4. The summed E-state index contributed by atoms with van der Waals surface area (Å²) in [6, 6.07) is 24.0. The van der Waals surface area contributed by atoms with Gasteiger partial charge in [-0.15, -0.1) is 0 Å². The van der Waals surface area contributed by atoms with Crippen molar-refractivity contribution in [3.63, 3.8) is 0 Å². The van der Waals surface area contributed by atoms with Gasteiger partial charge < -0.3 is 15.0 Å². The molecule has 4 aromatic carbocycles. The number of anilines is 2. The summed E-state index contributed by atoms with van der Waals surface area (Å²) in [4.78, 5) is 13.0. The number of amides is 1. The standard InChI is InChI=1S/C25H18ClFN2O3S/c26-22-4-2-1-3-21(22)16-5-7-17(8-6-16)25(31)28-19-11-14-24(30)23(15-19)29-33(32)20-12-9-18(27)10-13-20/h1-15,29-30H,(H,28,31). The molecule has 1 unspecified atom stereocenters. The summed E-state index contributed by atoms with van der Waals surface area (Å²) < 4.78 is 28.2. The first-order chi connectivity index (χ1) is 15.9. The third kappa shape index (κ3) is 5.46. The van der Waals surface area contributed by atoms with Crippen molar-refractivity contribution in [2.45, 2.75) is 4.90 Å². The van der Waals surface area contributed by atoms with Crippen LogP contribution >= 0.6 is 11.6 Å². The van der Waals surface area contributed by atoms with E-state index in [0.29, 0.717) is 21.2 Å². The molecule has 0 bridgehead atoms. The Balaban J connectivity index is 1.47. The van der Waals surface area contributed by atoms with Crippen molar-refractivity contribution in [1.29, 1.82) is 0 Å². The summed E-state index contributed by atoms with van der Waals surface area (Å²) in [5.41, 5.74) is 2.74. The first-order valence-corrected chi connectivity index (χ1v) is 11.4. The van der Waals surface area contributed by atoms with Gasteiger partial charge in [-0.1, -0.05) is 41.9 Å². The zero-order chi connectivity index (χ0) is 23.4. The highest BCUT2D eigenvalue weighted by Crippen LogP contribution is 2.30. The van der Waals surface area contributed by atoms with Crippen LogP contribution in [0.15, 0.2) is 95.9 Å². The van der Waals surface area contributed by atoms with Crippen molar-refractivity contribution < 1.29 is 18.8 Å². The average molecular weight is 481 g/mol. The molecule has 8 heteroatoms. The first kappa shape index (κ1) is 22.7. The number of carbonyl (C=O) groups excluding carboxylic acids is 1. The second-order valence-corrected chi connectivity index (χ2v) is 8.69. The Labute approximate surface area is 198 Å². The fourth-order valence-electron chi connectivity index (χ4n) is 3.11. The topological polar surface area (TPSA) is 84.4 Å². The molecule has 1 amide bonds. The molecular weight excluding hydrogens is 463 g/mol. The highest BCUT2D eigenvalue weighted by Gasteiger charge is 2.16.